The van der Waals surface area contributed by atoms with Gasteiger partial charge in [0, 0.05) is 35.8 Å². The number of aromatic amines is 1. The van der Waals surface area contributed by atoms with Crippen molar-refractivity contribution < 1.29 is 0 Å². The van der Waals surface area contributed by atoms with Crippen molar-refractivity contribution in [1.82, 2.24) is 34.7 Å². The zero-order valence-electron chi connectivity index (χ0n) is 19.9. The van der Waals surface area contributed by atoms with Crippen LogP contribution in [0.2, 0.25) is 5.02 Å². The number of aromatic nitrogens is 7. The molecule has 0 amide bonds. The number of rotatable bonds is 9. The van der Waals surface area contributed by atoms with Crippen molar-refractivity contribution in [3.05, 3.63) is 99.8 Å². The predicted octanol–water partition coefficient (Wildman–Crippen LogP) is 5.12. The van der Waals surface area contributed by atoms with E-state index in [1.54, 1.807) is 10.6 Å². The molecule has 0 aliphatic rings. The lowest BCUT2D eigenvalue weighted by Gasteiger charge is -2.09. The fraction of sp³-hybridized carbons (Fsp3) is 0.222. The molecule has 0 radical (unpaired) electrons. The first-order valence-electron chi connectivity index (χ1n) is 12.0. The van der Waals surface area contributed by atoms with Crippen LogP contribution in [0.25, 0.3) is 28.3 Å². The Balaban J connectivity index is 1.39. The first-order valence-corrected chi connectivity index (χ1v) is 12.4. The van der Waals surface area contributed by atoms with E-state index in [9.17, 15) is 4.79 Å². The van der Waals surface area contributed by atoms with E-state index >= 15 is 0 Å². The van der Waals surface area contributed by atoms with Crippen molar-refractivity contribution >= 4 is 11.6 Å². The third-order valence-corrected chi connectivity index (χ3v) is 6.52. The van der Waals surface area contributed by atoms with E-state index in [0.717, 1.165) is 47.3 Å². The predicted molar refractivity (Wildman–Crippen MR) is 140 cm³/mol. The molecule has 8 nitrogen and oxygen atoms in total. The van der Waals surface area contributed by atoms with Gasteiger partial charge in [0.25, 0.3) is 0 Å². The Hall–Kier alpha value is -4.04. The van der Waals surface area contributed by atoms with Gasteiger partial charge in [0.2, 0.25) is 5.82 Å². The Bertz CT molecular complexity index is 1500. The maximum absolute atomic E-state index is 13.3. The summed E-state index contributed by atoms with van der Waals surface area (Å²) in [6.45, 7) is 2.72. The summed E-state index contributed by atoms with van der Waals surface area (Å²) in [7, 11) is 0. The van der Waals surface area contributed by atoms with Gasteiger partial charge in [-0.05, 0) is 48.2 Å². The molecule has 36 heavy (non-hydrogen) atoms. The average molecular weight is 500 g/mol. The maximum atomic E-state index is 13.3. The van der Waals surface area contributed by atoms with E-state index in [0.29, 0.717) is 29.5 Å². The number of tetrazole rings is 1. The molecule has 0 saturated carbocycles. The number of imidazole rings is 1. The van der Waals surface area contributed by atoms with Crippen LogP contribution in [0.5, 0.6) is 0 Å². The highest BCUT2D eigenvalue weighted by Crippen LogP contribution is 2.28. The van der Waals surface area contributed by atoms with Gasteiger partial charge in [-0.15, -0.1) is 10.2 Å². The molecule has 9 heteroatoms. The number of H-pyrrole nitrogens is 1. The third kappa shape index (κ3) is 4.85. The van der Waals surface area contributed by atoms with Gasteiger partial charge in [0.05, 0.1) is 16.4 Å². The summed E-state index contributed by atoms with van der Waals surface area (Å²) in [4.78, 5) is 18.0. The van der Waals surface area contributed by atoms with Crippen LogP contribution in [0.3, 0.4) is 0 Å². The van der Waals surface area contributed by atoms with Gasteiger partial charge in [0.1, 0.15) is 0 Å². The van der Waals surface area contributed by atoms with E-state index in [1.807, 2.05) is 65.5 Å². The van der Waals surface area contributed by atoms with Crippen LogP contribution < -0.4 is 5.69 Å². The second-order valence-electron chi connectivity index (χ2n) is 8.56. The van der Waals surface area contributed by atoms with E-state index in [2.05, 4.69) is 33.6 Å². The summed E-state index contributed by atoms with van der Waals surface area (Å²) in [6, 6.07) is 19.3. The lowest BCUT2D eigenvalue weighted by Crippen LogP contribution is -2.25. The van der Waals surface area contributed by atoms with E-state index in [-0.39, 0.29) is 5.69 Å². The van der Waals surface area contributed by atoms with Crippen molar-refractivity contribution in [3.8, 4) is 28.3 Å². The fourth-order valence-corrected chi connectivity index (χ4v) is 4.52. The lowest BCUT2D eigenvalue weighted by molar-refractivity contribution is 0.618. The summed E-state index contributed by atoms with van der Waals surface area (Å²) >= 11 is 6.39. The summed E-state index contributed by atoms with van der Waals surface area (Å²) in [5.41, 5.74) is 5.31. The number of nitrogens with one attached hydrogen (secondary N) is 1. The van der Waals surface area contributed by atoms with Crippen LogP contribution in [0.15, 0.2) is 77.9 Å². The fourth-order valence-electron chi connectivity index (χ4n) is 4.29. The Morgan fingerprint density at radius 2 is 1.78 bits per heavy atom. The monoisotopic (exact) mass is 499 g/mol. The number of hydrogen-bond acceptors (Lipinski definition) is 5. The number of unbranched alkanes of at least 4 members (excludes halogenated alkanes) is 1. The molecule has 1 N–H and O–H groups in total. The molecule has 0 fully saturated rings. The zero-order valence-corrected chi connectivity index (χ0v) is 20.7. The number of para-hydroxylation sites is 1. The van der Waals surface area contributed by atoms with Gasteiger partial charge >= 0.3 is 5.69 Å². The molecule has 3 heterocycles. The Labute approximate surface area is 213 Å². The minimum atomic E-state index is -0.0761. The summed E-state index contributed by atoms with van der Waals surface area (Å²) < 4.78 is 3.52. The molecular weight excluding hydrogens is 474 g/mol. The van der Waals surface area contributed by atoms with E-state index in [4.69, 9.17) is 16.6 Å². The minimum absolute atomic E-state index is 0.0761. The maximum Gasteiger partial charge on any atom is 0.332 e. The molecule has 0 saturated heterocycles. The van der Waals surface area contributed by atoms with Gasteiger partial charge in [-0.25, -0.2) is 4.79 Å². The lowest BCUT2D eigenvalue weighted by atomic mass is 10.0. The summed E-state index contributed by atoms with van der Waals surface area (Å²) in [6.07, 6.45) is 7.39. The Morgan fingerprint density at radius 3 is 2.50 bits per heavy atom. The summed E-state index contributed by atoms with van der Waals surface area (Å²) in [5.74, 6) is 0.526. The number of pyridine rings is 1. The largest absolute Gasteiger partial charge is 0.332 e. The highest BCUT2D eigenvalue weighted by atomic mass is 35.5. The van der Waals surface area contributed by atoms with Crippen molar-refractivity contribution in [3.63, 3.8) is 0 Å². The van der Waals surface area contributed by atoms with Crippen molar-refractivity contribution in [1.29, 1.82) is 0 Å². The van der Waals surface area contributed by atoms with E-state index < -0.39 is 0 Å². The molecule has 5 aromatic rings. The Morgan fingerprint density at radius 1 is 0.972 bits per heavy atom. The molecule has 0 unspecified atom stereocenters. The number of benzene rings is 2. The number of hydrogen-bond donors (Lipinski definition) is 1. The SMILES string of the molecule is CCCCc1cn(-c2ccccc2Cl)c(=O)n1CCc1ccc(-c2ccccc2-c2nn[nH]n2)nc1. The molecule has 2 aromatic carbocycles. The van der Waals surface area contributed by atoms with Gasteiger partial charge < -0.3 is 0 Å². The molecule has 0 spiro atoms. The standard InChI is InChI=1S/C27H26ClN7O/c1-2-3-8-20-18-35(25-12-7-6-11-23(25)28)27(36)34(20)16-15-19-13-14-24(29-17-19)21-9-4-5-10-22(21)26-30-32-33-31-26/h4-7,9-14,17-18H,2-3,8,15-16H2,1H3,(H,30,31,32,33). The second-order valence-corrected chi connectivity index (χ2v) is 8.97. The first kappa shape index (κ1) is 23.7. The molecule has 182 valence electrons. The van der Waals surface area contributed by atoms with Crippen LogP contribution in [0.4, 0.5) is 0 Å². The summed E-state index contributed by atoms with van der Waals surface area (Å²) in [5, 5.41) is 14.9. The highest BCUT2D eigenvalue weighted by molar-refractivity contribution is 6.32. The van der Waals surface area contributed by atoms with Crippen LogP contribution in [0, 0.1) is 0 Å². The van der Waals surface area contributed by atoms with Crippen LogP contribution >= 0.6 is 11.6 Å². The highest BCUT2D eigenvalue weighted by Gasteiger charge is 2.15. The second kappa shape index (κ2) is 10.7. The number of nitrogens with zero attached hydrogens (tertiary/aromatic N) is 6. The van der Waals surface area contributed by atoms with Crippen molar-refractivity contribution in [2.75, 3.05) is 0 Å². The molecule has 0 aliphatic heterocycles. The zero-order chi connectivity index (χ0) is 24.9. The number of halogens is 1. The van der Waals surface area contributed by atoms with Gasteiger partial charge in [-0.2, -0.15) is 5.21 Å². The molecular formula is C27H26ClN7O. The van der Waals surface area contributed by atoms with Crippen LogP contribution in [0.1, 0.15) is 31.0 Å². The van der Waals surface area contributed by atoms with Crippen LogP contribution in [-0.2, 0) is 19.4 Å². The number of aryl methyl sites for hydroxylation is 2. The van der Waals surface area contributed by atoms with Crippen LogP contribution in [-0.4, -0.2) is 34.7 Å². The molecule has 0 atom stereocenters. The normalized spacial score (nSPS) is 11.2. The van der Waals surface area contributed by atoms with Crippen molar-refractivity contribution in [2.24, 2.45) is 0 Å². The molecule has 0 bridgehead atoms. The van der Waals surface area contributed by atoms with Gasteiger partial charge in [-0.1, -0.05) is 67.4 Å². The topological polar surface area (TPSA) is 94.3 Å². The quantitative estimate of drug-likeness (QED) is 0.304. The molecule has 0 aliphatic carbocycles. The average Bonchev–Trinajstić information content (AvgIpc) is 3.55. The van der Waals surface area contributed by atoms with E-state index in [1.165, 1.54) is 0 Å². The first-order chi connectivity index (χ1) is 17.7. The minimum Gasteiger partial charge on any atom is -0.296 e. The van der Waals surface area contributed by atoms with Gasteiger partial charge in [-0.3, -0.25) is 14.1 Å². The third-order valence-electron chi connectivity index (χ3n) is 6.20. The Kier molecular flexibility index (Phi) is 7.04. The molecule has 3 aromatic heterocycles. The molecule has 5 rings (SSSR count). The van der Waals surface area contributed by atoms with Gasteiger partial charge in [0.15, 0.2) is 0 Å². The smallest absolute Gasteiger partial charge is 0.296 e. The van der Waals surface area contributed by atoms with Crippen molar-refractivity contribution in [2.45, 2.75) is 39.2 Å².